The van der Waals surface area contributed by atoms with Gasteiger partial charge in [-0.05, 0) is 93.9 Å². The Balaban J connectivity index is 0.000000331. The highest BCUT2D eigenvalue weighted by Gasteiger charge is 2.47. The van der Waals surface area contributed by atoms with Gasteiger partial charge in [-0.2, -0.15) is 15.3 Å². The van der Waals surface area contributed by atoms with E-state index in [1.165, 1.54) is 0 Å². The van der Waals surface area contributed by atoms with Crippen LogP contribution in [0.15, 0.2) is 15.3 Å². The molecule has 9 heteroatoms. The maximum absolute atomic E-state index is 11.8. The van der Waals surface area contributed by atoms with Crippen molar-refractivity contribution in [3.63, 3.8) is 0 Å². The van der Waals surface area contributed by atoms with Crippen LogP contribution in [-0.2, 0) is 19.1 Å². The number of ether oxygens (including phenoxy) is 2. The number of hydrogen-bond acceptors (Lipinski definition) is 8. The van der Waals surface area contributed by atoms with E-state index in [0.717, 1.165) is 37.8 Å². The Morgan fingerprint density at radius 1 is 1.03 bits per heavy atom. The number of carbonyl (C=O) groups is 2. The number of nitrogens with zero attached hydrogens (tertiary/aromatic N) is 3. The molecule has 0 aliphatic heterocycles. The molecule has 2 aliphatic carbocycles. The topological polar surface area (TPSA) is 102 Å². The van der Waals surface area contributed by atoms with Crippen molar-refractivity contribution in [2.45, 2.75) is 110 Å². The summed E-state index contributed by atoms with van der Waals surface area (Å²) in [6.45, 7) is 16.4. The molecule has 2 fully saturated rings. The highest BCUT2D eigenvalue weighted by Crippen LogP contribution is 2.43. The van der Waals surface area contributed by atoms with E-state index in [-0.39, 0.29) is 34.9 Å². The minimum atomic E-state index is -0.903. The van der Waals surface area contributed by atoms with Gasteiger partial charge in [0.1, 0.15) is 0 Å². The van der Waals surface area contributed by atoms with Gasteiger partial charge >= 0.3 is 11.9 Å². The van der Waals surface area contributed by atoms with Crippen LogP contribution in [0.25, 0.3) is 0 Å². The molecule has 0 amide bonds. The first-order valence-corrected chi connectivity index (χ1v) is 12.4. The summed E-state index contributed by atoms with van der Waals surface area (Å²) in [5.74, 6) is -0.882. The fraction of sp³-hybridized carbons (Fsp3) is 0.875. The highest BCUT2D eigenvalue weighted by molar-refractivity contribution is 6.25. The third-order valence-corrected chi connectivity index (χ3v) is 5.60. The molecule has 3 unspecified atom stereocenters. The first-order valence-electron chi connectivity index (χ1n) is 12.0. The molecular weight excluding hydrogens is 444 g/mol. The van der Waals surface area contributed by atoms with Gasteiger partial charge in [0.05, 0.1) is 36.3 Å². The smallest absolute Gasteiger partial charge is 0.314 e. The van der Waals surface area contributed by atoms with Gasteiger partial charge in [0, 0.05) is 5.54 Å². The van der Waals surface area contributed by atoms with Crippen molar-refractivity contribution >= 4 is 29.3 Å². The van der Waals surface area contributed by atoms with Gasteiger partial charge in [-0.1, -0.05) is 11.6 Å². The zero-order chi connectivity index (χ0) is 25.3. The van der Waals surface area contributed by atoms with Crippen LogP contribution >= 0.6 is 11.6 Å². The van der Waals surface area contributed by atoms with Crippen LogP contribution in [-0.4, -0.2) is 46.9 Å². The van der Waals surface area contributed by atoms with Gasteiger partial charge in [0.15, 0.2) is 5.00 Å². The first kappa shape index (κ1) is 29.3. The Morgan fingerprint density at radius 3 is 2.18 bits per heavy atom. The summed E-state index contributed by atoms with van der Waals surface area (Å²) >= 11 is 6.41. The second-order valence-electron chi connectivity index (χ2n) is 10.5. The molecule has 2 aliphatic rings. The Labute approximate surface area is 204 Å². The maximum Gasteiger partial charge on any atom is 0.314 e. The summed E-state index contributed by atoms with van der Waals surface area (Å²) in [5, 5.41) is 12.7. The van der Waals surface area contributed by atoms with Crippen LogP contribution in [0.5, 0.6) is 0 Å². The number of hydrazone groups is 1. The summed E-state index contributed by atoms with van der Waals surface area (Å²) in [5.41, 5.74) is 3.67. The van der Waals surface area contributed by atoms with E-state index in [4.69, 9.17) is 21.1 Å². The molecule has 3 atom stereocenters. The van der Waals surface area contributed by atoms with E-state index >= 15 is 0 Å². The SMILES string of the molecule is CCOC(=O)C1CCC/C1=N\NC(C)(C)C.CCOC(=O)C1CCCC1(Cl)/N=N/C(C)(C)C. The summed E-state index contributed by atoms with van der Waals surface area (Å²) in [7, 11) is 0. The summed E-state index contributed by atoms with van der Waals surface area (Å²) < 4.78 is 10.1. The molecule has 0 aromatic carbocycles. The second kappa shape index (κ2) is 12.7. The number of azo groups is 1. The standard InChI is InChI=1S/C12H21ClN2O2.C12H22N2O2/c1-5-17-10(16)9-7-6-8-12(9,13)15-14-11(2,3)4;1-5-16-11(15)9-7-6-8-10(9)13-14-12(2,3)4/h9H,5-8H2,1-4H3;9,14H,5-8H2,1-4H3/b15-14+;13-10+. The molecule has 0 bridgehead atoms. The van der Waals surface area contributed by atoms with Crippen LogP contribution < -0.4 is 5.43 Å². The largest absolute Gasteiger partial charge is 0.466 e. The molecule has 0 aromatic rings. The molecule has 0 radical (unpaired) electrons. The van der Waals surface area contributed by atoms with Crippen molar-refractivity contribution in [3.05, 3.63) is 0 Å². The lowest BCUT2D eigenvalue weighted by Gasteiger charge is -2.23. The predicted octanol–water partition coefficient (Wildman–Crippen LogP) is 5.63. The number of rotatable bonds is 6. The Kier molecular flexibility index (Phi) is 11.3. The van der Waals surface area contributed by atoms with E-state index in [2.05, 4.69) is 20.8 Å². The summed E-state index contributed by atoms with van der Waals surface area (Å²) in [4.78, 5) is 22.5. The van der Waals surface area contributed by atoms with Crippen molar-refractivity contribution < 1.29 is 19.1 Å². The van der Waals surface area contributed by atoms with Gasteiger partial charge in [-0.15, -0.1) is 0 Å². The van der Waals surface area contributed by atoms with E-state index < -0.39 is 5.00 Å². The average Bonchev–Trinajstić information content (AvgIpc) is 3.32. The zero-order valence-electron chi connectivity index (χ0n) is 21.7. The molecule has 8 nitrogen and oxygen atoms in total. The molecule has 1 N–H and O–H groups in total. The normalized spacial score (nSPS) is 26.8. The molecule has 2 saturated carbocycles. The number of carbonyl (C=O) groups excluding carboxylic acids is 2. The van der Waals surface area contributed by atoms with Crippen molar-refractivity contribution in [2.24, 2.45) is 27.2 Å². The number of esters is 2. The minimum absolute atomic E-state index is 0.0607. The van der Waals surface area contributed by atoms with E-state index in [1.54, 1.807) is 6.92 Å². The molecule has 190 valence electrons. The quantitative estimate of drug-likeness (QED) is 0.172. The number of hydrogen-bond donors (Lipinski definition) is 1. The Hall–Kier alpha value is -1.70. The van der Waals surface area contributed by atoms with E-state index in [0.29, 0.717) is 19.6 Å². The van der Waals surface area contributed by atoms with Gasteiger partial charge in [-0.3, -0.25) is 9.59 Å². The lowest BCUT2D eigenvalue weighted by atomic mass is 10.0. The van der Waals surface area contributed by atoms with Crippen LogP contribution in [0.1, 0.15) is 93.9 Å². The number of alkyl halides is 1. The Morgan fingerprint density at radius 2 is 1.64 bits per heavy atom. The molecular formula is C24H43ClN4O4. The van der Waals surface area contributed by atoms with Crippen LogP contribution in [0.2, 0.25) is 0 Å². The molecule has 33 heavy (non-hydrogen) atoms. The van der Waals surface area contributed by atoms with Gasteiger partial charge in [0.25, 0.3) is 0 Å². The third kappa shape index (κ3) is 10.4. The van der Waals surface area contributed by atoms with Crippen LogP contribution in [0.3, 0.4) is 0 Å². The molecule has 0 heterocycles. The van der Waals surface area contributed by atoms with Crippen LogP contribution in [0, 0.1) is 11.8 Å². The fourth-order valence-corrected chi connectivity index (χ4v) is 3.91. The first-order chi connectivity index (χ1) is 15.2. The minimum Gasteiger partial charge on any atom is -0.466 e. The molecule has 0 saturated heterocycles. The lowest BCUT2D eigenvalue weighted by molar-refractivity contribution is -0.149. The van der Waals surface area contributed by atoms with Crippen molar-refractivity contribution in [1.29, 1.82) is 0 Å². The predicted molar refractivity (Wildman–Crippen MR) is 131 cm³/mol. The summed E-state index contributed by atoms with van der Waals surface area (Å²) in [6, 6.07) is 0. The van der Waals surface area contributed by atoms with Crippen molar-refractivity contribution in [1.82, 2.24) is 5.43 Å². The monoisotopic (exact) mass is 486 g/mol. The van der Waals surface area contributed by atoms with Gasteiger partial charge in [-0.25, -0.2) is 0 Å². The average molecular weight is 487 g/mol. The van der Waals surface area contributed by atoms with Gasteiger partial charge in [0.2, 0.25) is 0 Å². The third-order valence-electron chi connectivity index (χ3n) is 5.08. The molecule has 0 aromatic heterocycles. The maximum atomic E-state index is 11.8. The highest BCUT2D eigenvalue weighted by atomic mass is 35.5. The van der Waals surface area contributed by atoms with E-state index in [9.17, 15) is 9.59 Å². The fourth-order valence-electron chi connectivity index (χ4n) is 3.54. The van der Waals surface area contributed by atoms with Crippen molar-refractivity contribution in [2.75, 3.05) is 13.2 Å². The van der Waals surface area contributed by atoms with E-state index in [1.807, 2.05) is 48.5 Å². The van der Waals surface area contributed by atoms with Gasteiger partial charge < -0.3 is 14.9 Å². The van der Waals surface area contributed by atoms with Crippen LogP contribution in [0.4, 0.5) is 0 Å². The second-order valence-corrected chi connectivity index (χ2v) is 11.2. The molecule has 2 rings (SSSR count). The van der Waals surface area contributed by atoms with Crippen molar-refractivity contribution in [3.8, 4) is 0 Å². The number of halogens is 1. The number of nitrogens with one attached hydrogen (secondary N) is 1. The molecule has 0 spiro atoms. The lowest BCUT2D eigenvalue weighted by Crippen LogP contribution is -2.33. The summed E-state index contributed by atoms with van der Waals surface area (Å²) in [6.07, 6.45) is 5.07. The Bertz CT molecular complexity index is 712. The zero-order valence-corrected chi connectivity index (χ0v) is 22.4.